The van der Waals surface area contributed by atoms with Gasteiger partial charge >= 0.3 is 0 Å². The fourth-order valence-corrected chi connectivity index (χ4v) is 3.87. The van der Waals surface area contributed by atoms with Crippen LogP contribution in [0.1, 0.15) is 49.5 Å². The molecule has 0 saturated heterocycles. The first-order chi connectivity index (χ1) is 16.5. The summed E-state index contributed by atoms with van der Waals surface area (Å²) in [5, 5.41) is 23.0. The minimum absolute atomic E-state index is 0.0225. The van der Waals surface area contributed by atoms with Crippen LogP contribution in [0.3, 0.4) is 0 Å². The van der Waals surface area contributed by atoms with Crippen molar-refractivity contribution in [3.63, 3.8) is 0 Å². The van der Waals surface area contributed by atoms with Gasteiger partial charge in [0.05, 0.1) is 34.6 Å². The molecular weight excluding hydrogens is 476 g/mol. The first-order valence-corrected chi connectivity index (χ1v) is 11.2. The number of aliphatic hydroxyl groups is 2. The van der Waals surface area contributed by atoms with Crippen molar-refractivity contribution in [1.82, 2.24) is 19.9 Å². The predicted octanol–water partition coefficient (Wildman–Crippen LogP) is 5.22. The van der Waals surface area contributed by atoms with Crippen molar-refractivity contribution in [2.45, 2.75) is 45.9 Å². The van der Waals surface area contributed by atoms with Gasteiger partial charge in [0.2, 0.25) is 0 Å². The fraction of sp³-hybridized carbons (Fsp3) is 0.280. The van der Waals surface area contributed by atoms with Crippen LogP contribution in [0.15, 0.2) is 36.7 Å². The molecule has 3 aromatic heterocycles. The molecule has 0 fully saturated rings. The van der Waals surface area contributed by atoms with Crippen LogP contribution in [0.5, 0.6) is 0 Å². The average molecular weight is 500 g/mol. The van der Waals surface area contributed by atoms with E-state index >= 15 is 4.39 Å². The molecule has 182 valence electrons. The highest BCUT2D eigenvalue weighted by atomic mass is 35.5. The second-order valence-corrected chi connectivity index (χ2v) is 9.19. The third kappa shape index (κ3) is 4.93. The summed E-state index contributed by atoms with van der Waals surface area (Å²) in [6, 6.07) is 5.05. The lowest BCUT2D eigenvalue weighted by Crippen LogP contribution is -2.19. The van der Waals surface area contributed by atoms with E-state index in [1.165, 1.54) is 30.6 Å². The zero-order valence-corrected chi connectivity index (χ0v) is 20.3. The highest BCUT2D eigenvalue weighted by molar-refractivity contribution is 6.35. The highest BCUT2D eigenvalue weighted by Crippen LogP contribution is 2.36. The lowest BCUT2D eigenvalue weighted by atomic mass is 10.0. The van der Waals surface area contributed by atoms with Crippen LogP contribution in [0.25, 0.3) is 22.3 Å². The molecule has 0 amide bonds. The van der Waals surface area contributed by atoms with E-state index in [1.54, 1.807) is 33.8 Å². The number of hydrogen-bond acceptors (Lipinski definition) is 7. The lowest BCUT2D eigenvalue weighted by Gasteiger charge is -2.20. The molecule has 4 rings (SSSR count). The Labute approximate surface area is 205 Å². The summed E-state index contributed by atoms with van der Waals surface area (Å²) >= 11 is 6.57. The predicted molar refractivity (Wildman–Crippen MR) is 130 cm³/mol. The van der Waals surface area contributed by atoms with Gasteiger partial charge in [-0.1, -0.05) is 17.7 Å². The minimum Gasteiger partial charge on any atom is -0.392 e. The van der Waals surface area contributed by atoms with Crippen LogP contribution in [0, 0.1) is 18.6 Å². The number of nitrogens with zero attached hydrogens (tertiary/aromatic N) is 4. The monoisotopic (exact) mass is 499 g/mol. The molecule has 0 saturated carbocycles. The minimum atomic E-state index is -1.25. The molecule has 10 heteroatoms. The summed E-state index contributed by atoms with van der Waals surface area (Å²) in [6.07, 6.45) is 2.76. The van der Waals surface area contributed by atoms with Gasteiger partial charge in [0.15, 0.2) is 11.6 Å². The number of benzene rings is 1. The Kier molecular flexibility index (Phi) is 6.68. The standard InChI is InChI=1S/C25H24ClF2N5O2/c1-12(16-7-14(11-34)5-6-17(16)27)32-23-20(26)13(2)31-19-8-18(28)21(33-22(19)23)15-9-29-24(30-10-15)25(3,4)35/h5-10,12,34-35H,11H2,1-4H3,(H,31,32)/t12-/m1/s1. The Bertz CT molecular complexity index is 1410. The van der Waals surface area contributed by atoms with Gasteiger partial charge < -0.3 is 15.5 Å². The van der Waals surface area contributed by atoms with Crippen molar-refractivity contribution in [2.75, 3.05) is 5.32 Å². The van der Waals surface area contributed by atoms with Gasteiger partial charge in [-0.3, -0.25) is 0 Å². The number of anilines is 1. The number of halogens is 3. The fourth-order valence-electron chi connectivity index (χ4n) is 3.68. The summed E-state index contributed by atoms with van der Waals surface area (Å²) in [5.74, 6) is -0.893. The van der Waals surface area contributed by atoms with Crippen LogP contribution >= 0.6 is 11.6 Å². The van der Waals surface area contributed by atoms with Crippen molar-refractivity contribution in [2.24, 2.45) is 0 Å². The zero-order valence-electron chi connectivity index (χ0n) is 19.6. The van der Waals surface area contributed by atoms with Crippen molar-refractivity contribution < 1.29 is 19.0 Å². The van der Waals surface area contributed by atoms with Gasteiger partial charge in [0.25, 0.3) is 0 Å². The molecule has 7 nitrogen and oxygen atoms in total. The number of aryl methyl sites for hydroxylation is 1. The van der Waals surface area contributed by atoms with Gasteiger partial charge in [0.1, 0.15) is 22.6 Å². The quantitative estimate of drug-likeness (QED) is 0.334. The van der Waals surface area contributed by atoms with Gasteiger partial charge in [-0.05, 0) is 45.4 Å². The highest BCUT2D eigenvalue weighted by Gasteiger charge is 2.22. The van der Waals surface area contributed by atoms with E-state index in [4.69, 9.17) is 11.6 Å². The largest absolute Gasteiger partial charge is 0.392 e. The molecule has 0 radical (unpaired) electrons. The van der Waals surface area contributed by atoms with Crippen molar-refractivity contribution in [1.29, 1.82) is 0 Å². The van der Waals surface area contributed by atoms with Crippen LogP contribution in [0.2, 0.25) is 5.02 Å². The van der Waals surface area contributed by atoms with Gasteiger partial charge in [0, 0.05) is 29.6 Å². The topological polar surface area (TPSA) is 104 Å². The molecule has 0 unspecified atom stereocenters. The average Bonchev–Trinajstić information content (AvgIpc) is 2.81. The molecule has 3 N–H and O–H groups in total. The number of pyridine rings is 2. The van der Waals surface area contributed by atoms with Crippen molar-refractivity contribution in [3.8, 4) is 11.3 Å². The Morgan fingerprint density at radius 2 is 1.77 bits per heavy atom. The number of aliphatic hydroxyl groups excluding tert-OH is 1. The van der Waals surface area contributed by atoms with Crippen LogP contribution in [0.4, 0.5) is 14.5 Å². The summed E-state index contributed by atoms with van der Waals surface area (Å²) in [7, 11) is 0. The first kappa shape index (κ1) is 24.8. The summed E-state index contributed by atoms with van der Waals surface area (Å²) in [6.45, 7) is 6.29. The van der Waals surface area contributed by atoms with E-state index in [0.29, 0.717) is 28.1 Å². The number of hydrogen-bond donors (Lipinski definition) is 3. The third-order valence-electron chi connectivity index (χ3n) is 5.56. The van der Waals surface area contributed by atoms with Crippen molar-refractivity contribution >= 4 is 28.3 Å². The van der Waals surface area contributed by atoms with E-state index in [0.717, 1.165) is 0 Å². The first-order valence-electron chi connectivity index (χ1n) is 10.9. The summed E-state index contributed by atoms with van der Waals surface area (Å²) in [5.41, 5.74) is 1.28. The second kappa shape index (κ2) is 9.41. The molecule has 0 aliphatic rings. The number of aromatic nitrogens is 4. The maximum absolute atomic E-state index is 15.0. The Balaban J connectivity index is 1.82. The number of nitrogens with one attached hydrogen (secondary N) is 1. The second-order valence-electron chi connectivity index (χ2n) is 8.81. The number of fused-ring (bicyclic) bond motifs is 1. The normalized spacial score (nSPS) is 12.7. The SMILES string of the molecule is Cc1nc2cc(F)c(-c3cnc(C(C)(C)O)nc3)nc2c(N[C@H](C)c2cc(CO)ccc2F)c1Cl. The maximum atomic E-state index is 15.0. The van der Waals surface area contributed by atoms with Crippen LogP contribution in [-0.4, -0.2) is 30.1 Å². The molecule has 0 spiro atoms. The van der Waals surface area contributed by atoms with Crippen LogP contribution < -0.4 is 5.32 Å². The van der Waals surface area contributed by atoms with Crippen molar-refractivity contribution in [3.05, 3.63) is 76.0 Å². The lowest BCUT2D eigenvalue weighted by molar-refractivity contribution is 0.0687. The smallest absolute Gasteiger partial charge is 0.159 e. The molecule has 1 atom stereocenters. The molecular formula is C25H24ClF2N5O2. The number of rotatable bonds is 6. The van der Waals surface area contributed by atoms with E-state index < -0.39 is 23.3 Å². The van der Waals surface area contributed by atoms with E-state index in [1.807, 2.05) is 0 Å². The zero-order chi connectivity index (χ0) is 25.5. The van der Waals surface area contributed by atoms with Crippen LogP contribution in [-0.2, 0) is 12.2 Å². The van der Waals surface area contributed by atoms with E-state index in [2.05, 4.69) is 25.3 Å². The van der Waals surface area contributed by atoms with E-state index in [9.17, 15) is 14.6 Å². The Hall–Kier alpha value is -3.27. The summed E-state index contributed by atoms with van der Waals surface area (Å²) < 4.78 is 29.6. The Morgan fingerprint density at radius 3 is 2.40 bits per heavy atom. The third-order valence-corrected chi connectivity index (χ3v) is 6.02. The summed E-state index contributed by atoms with van der Waals surface area (Å²) in [4.78, 5) is 17.1. The molecule has 35 heavy (non-hydrogen) atoms. The molecule has 4 aromatic rings. The molecule has 0 bridgehead atoms. The van der Waals surface area contributed by atoms with Gasteiger partial charge in [-0.15, -0.1) is 0 Å². The molecule has 1 aromatic carbocycles. The molecule has 3 heterocycles. The van der Waals surface area contributed by atoms with E-state index in [-0.39, 0.29) is 34.2 Å². The molecule has 0 aliphatic heterocycles. The van der Waals surface area contributed by atoms with Gasteiger partial charge in [-0.25, -0.2) is 28.7 Å². The molecule has 0 aliphatic carbocycles. The maximum Gasteiger partial charge on any atom is 0.159 e. The van der Waals surface area contributed by atoms with Gasteiger partial charge in [-0.2, -0.15) is 0 Å². The Morgan fingerprint density at radius 1 is 1.09 bits per heavy atom.